The number of aryl methyl sites for hydroxylation is 1. The van der Waals surface area contributed by atoms with E-state index in [1.54, 1.807) is 6.92 Å². The Kier molecular flexibility index (Phi) is 5.68. The van der Waals surface area contributed by atoms with Crippen LogP contribution in [0.15, 0.2) is 65.2 Å². The van der Waals surface area contributed by atoms with Crippen molar-refractivity contribution in [1.29, 1.82) is 0 Å². The average molecular weight is 425 g/mol. The smallest absolute Gasteiger partial charge is 0.257 e. The molecule has 0 aliphatic rings. The van der Waals surface area contributed by atoms with E-state index < -0.39 is 11.7 Å². The van der Waals surface area contributed by atoms with E-state index in [-0.39, 0.29) is 40.8 Å². The van der Waals surface area contributed by atoms with Crippen LogP contribution in [0.3, 0.4) is 0 Å². The first-order chi connectivity index (χ1) is 14.6. The van der Waals surface area contributed by atoms with E-state index in [2.05, 4.69) is 10.5 Å². The molecule has 0 spiro atoms. The van der Waals surface area contributed by atoms with Crippen LogP contribution >= 0.6 is 11.6 Å². The van der Waals surface area contributed by atoms with Gasteiger partial charge in [-0.05, 0) is 30.5 Å². The van der Waals surface area contributed by atoms with Crippen molar-refractivity contribution in [3.63, 3.8) is 0 Å². The van der Waals surface area contributed by atoms with E-state index in [0.29, 0.717) is 0 Å². The van der Waals surface area contributed by atoms with E-state index in [4.69, 9.17) is 20.9 Å². The fourth-order valence-electron chi connectivity index (χ4n) is 3.27. The molecule has 3 aromatic carbocycles. The van der Waals surface area contributed by atoms with Crippen molar-refractivity contribution in [2.24, 2.45) is 0 Å². The maximum atomic E-state index is 14.3. The normalized spacial score (nSPS) is 10.9. The molecule has 1 N–H and O–H groups in total. The van der Waals surface area contributed by atoms with Crippen LogP contribution in [0.2, 0.25) is 5.02 Å². The Bertz CT molecular complexity index is 1200. The van der Waals surface area contributed by atoms with Crippen molar-refractivity contribution >= 4 is 28.3 Å². The van der Waals surface area contributed by atoms with Gasteiger partial charge >= 0.3 is 0 Å². The third kappa shape index (κ3) is 3.86. The van der Waals surface area contributed by atoms with Gasteiger partial charge in [-0.3, -0.25) is 4.79 Å². The molecule has 0 saturated carbocycles. The quantitative estimate of drug-likeness (QED) is 0.421. The minimum absolute atomic E-state index is 0.0353. The van der Waals surface area contributed by atoms with Gasteiger partial charge < -0.3 is 14.6 Å². The summed E-state index contributed by atoms with van der Waals surface area (Å²) in [5, 5.41) is 8.83. The highest BCUT2D eigenvalue weighted by Gasteiger charge is 2.25. The minimum atomic E-state index is -0.580. The SMILES string of the molecule is Cc1onc(-c2c(F)cccc2Cl)c1C(=O)NCCOc1cccc2ccccc12. The molecule has 0 radical (unpaired) electrons. The lowest BCUT2D eigenvalue weighted by molar-refractivity contribution is 0.0946. The number of carbonyl (C=O) groups is 1. The molecule has 4 aromatic rings. The van der Waals surface area contributed by atoms with Crippen molar-refractivity contribution in [3.8, 4) is 17.0 Å². The van der Waals surface area contributed by atoms with Crippen LogP contribution in [0.5, 0.6) is 5.75 Å². The Balaban J connectivity index is 1.46. The third-order valence-corrected chi connectivity index (χ3v) is 5.00. The first-order valence-corrected chi connectivity index (χ1v) is 9.73. The number of carbonyl (C=O) groups excluding carboxylic acids is 1. The molecule has 0 aliphatic heterocycles. The van der Waals surface area contributed by atoms with E-state index in [9.17, 15) is 9.18 Å². The molecule has 7 heteroatoms. The Labute approximate surface area is 177 Å². The molecule has 0 unspecified atom stereocenters. The van der Waals surface area contributed by atoms with Gasteiger partial charge in [0, 0.05) is 5.39 Å². The Morgan fingerprint density at radius 3 is 2.73 bits per heavy atom. The largest absolute Gasteiger partial charge is 0.491 e. The molecular formula is C23H18ClFN2O3. The number of benzene rings is 3. The zero-order valence-electron chi connectivity index (χ0n) is 16.1. The highest BCUT2D eigenvalue weighted by atomic mass is 35.5. The molecule has 1 heterocycles. The summed E-state index contributed by atoms with van der Waals surface area (Å²) in [6.45, 7) is 2.10. The average Bonchev–Trinajstić information content (AvgIpc) is 3.12. The minimum Gasteiger partial charge on any atom is -0.491 e. The number of nitrogens with one attached hydrogen (secondary N) is 1. The standard InChI is InChI=1S/C23H18ClFN2O3/c1-14-20(22(27-30-14)21-17(24)9-5-10-18(21)25)23(28)26-12-13-29-19-11-4-7-15-6-2-3-8-16(15)19/h2-11H,12-13H2,1H3,(H,26,28). The zero-order valence-corrected chi connectivity index (χ0v) is 16.9. The summed E-state index contributed by atoms with van der Waals surface area (Å²) in [6, 6.07) is 18.0. The van der Waals surface area contributed by atoms with E-state index in [0.717, 1.165) is 16.5 Å². The van der Waals surface area contributed by atoms with Crippen LogP contribution in [0.25, 0.3) is 22.0 Å². The van der Waals surface area contributed by atoms with E-state index in [1.807, 2.05) is 42.5 Å². The molecule has 1 amide bonds. The molecule has 0 fully saturated rings. The maximum absolute atomic E-state index is 14.3. The van der Waals surface area contributed by atoms with Crippen molar-refractivity contribution in [1.82, 2.24) is 10.5 Å². The maximum Gasteiger partial charge on any atom is 0.257 e. The summed E-state index contributed by atoms with van der Waals surface area (Å²) in [5.41, 5.74) is 0.253. The van der Waals surface area contributed by atoms with Gasteiger partial charge in [-0.25, -0.2) is 4.39 Å². The van der Waals surface area contributed by atoms with Gasteiger partial charge in [0.2, 0.25) is 0 Å². The lowest BCUT2D eigenvalue weighted by Crippen LogP contribution is -2.28. The lowest BCUT2D eigenvalue weighted by Gasteiger charge is -2.10. The van der Waals surface area contributed by atoms with E-state index >= 15 is 0 Å². The molecule has 4 rings (SSSR count). The molecule has 30 heavy (non-hydrogen) atoms. The number of aromatic nitrogens is 1. The molecule has 0 bridgehead atoms. The lowest BCUT2D eigenvalue weighted by atomic mass is 10.0. The molecular weight excluding hydrogens is 407 g/mol. The van der Waals surface area contributed by atoms with Crippen molar-refractivity contribution in [2.45, 2.75) is 6.92 Å². The number of hydrogen-bond acceptors (Lipinski definition) is 4. The van der Waals surface area contributed by atoms with Gasteiger partial charge in [0.25, 0.3) is 5.91 Å². The predicted molar refractivity (Wildman–Crippen MR) is 113 cm³/mol. The van der Waals surface area contributed by atoms with Crippen LogP contribution in [-0.2, 0) is 0 Å². The van der Waals surface area contributed by atoms with Gasteiger partial charge in [0.15, 0.2) is 0 Å². The highest BCUT2D eigenvalue weighted by molar-refractivity contribution is 6.33. The summed E-state index contributed by atoms with van der Waals surface area (Å²) < 4.78 is 25.3. The van der Waals surface area contributed by atoms with Gasteiger partial charge in [-0.1, -0.05) is 59.2 Å². The fourth-order valence-corrected chi connectivity index (χ4v) is 3.52. The van der Waals surface area contributed by atoms with E-state index in [1.165, 1.54) is 18.2 Å². The van der Waals surface area contributed by atoms with Crippen LogP contribution in [0, 0.1) is 12.7 Å². The number of ether oxygens (including phenoxy) is 1. The number of nitrogens with zero attached hydrogens (tertiary/aromatic N) is 1. The van der Waals surface area contributed by atoms with Crippen LogP contribution in [-0.4, -0.2) is 24.2 Å². The number of rotatable bonds is 6. The fraction of sp³-hybridized carbons (Fsp3) is 0.130. The molecule has 0 saturated heterocycles. The second kappa shape index (κ2) is 8.55. The molecule has 0 atom stereocenters. The molecule has 0 aliphatic carbocycles. The summed E-state index contributed by atoms with van der Waals surface area (Å²) in [6.07, 6.45) is 0. The topological polar surface area (TPSA) is 64.4 Å². The van der Waals surface area contributed by atoms with Gasteiger partial charge in [0.05, 0.1) is 17.1 Å². The molecule has 152 valence electrons. The second-order valence-corrected chi connectivity index (χ2v) is 7.05. The van der Waals surface area contributed by atoms with Crippen LogP contribution in [0.1, 0.15) is 16.1 Å². The van der Waals surface area contributed by atoms with Gasteiger partial charge in [0.1, 0.15) is 35.2 Å². The Hall–Kier alpha value is -3.38. The number of amides is 1. The van der Waals surface area contributed by atoms with Gasteiger partial charge in [-0.2, -0.15) is 0 Å². The predicted octanol–water partition coefficient (Wildman–Crippen LogP) is 5.40. The summed E-state index contributed by atoms with van der Waals surface area (Å²) in [7, 11) is 0. The van der Waals surface area contributed by atoms with Crippen LogP contribution < -0.4 is 10.1 Å². The Morgan fingerprint density at radius 1 is 1.13 bits per heavy atom. The third-order valence-electron chi connectivity index (χ3n) is 4.68. The van der Waals surface area contributed by atoms with Crippen molar-refractivity contribution in [2.75, 3.05) is 13.2 Å². The van der Waals surface area contributed by atoms with Crippen molar-refractivity contribution < 1.29 is 18.4 Å². The van der Waals surface area contributed by atoms with Gasteiger partial charge in [-0.15, -0.1) is 0 Å². The summed E-state index contributed by atoms with van der Waals surface area (Å²) in [4.78, 5) is 12.7. The highest BCUT2D eigenvalue weighted by Crippen LogP contribution is 2.33. The zero-order chi connectivity index (χ0) is 21.1. The summed E-state index contributed by atoms with van der Waals surface area (Å²) in [5.74, 6) is -0.00662. The first-order valence-electron chi connectivity index (χ1n) is 9.35. The summed E-state index contributed by atoms with van der Waals surface area (Å²) >= 11 is 6.12. The second-order valence-electron chi connectivity index (χ2n) is 6.64. The van der Waals surface area contributed by atoms with Crippen LogP contribution in [0.4, 0.5) is 4.39 Å². The monoisotopic (exact) mass is 424 g/mol. The Morgan fingerprint density at radius 2 is 1.90 bits per heavy atom. The first kappa shape index (κ1) is 19.9. The number of halogens is 2. The van der Waals surface area contributed by atoms with Crippen molar-refractivity contribution in [3.05, 3.63) is 82.8 Å². The molecule has 1 aromatic heterocycles. The number of fused-ring (bicyclic) bond motifs is 1. The number of hydrogen-bond donors (Lipinski definition) is 1. The molecule has 5 nitrogen and oxygen atoms in total.